The third-order valence-corrected chi connectivity index (χ3v) is 8.85. The highest BCUT2D eigenvalue weighted by molar-refractivity contribution is 6.06. The maximum Gasteiger partial charge on any atom is 0.330 e. The van der Waals surface area contributed by atoms with E-state index in [2.05, 4.69) is 152 Å². The second-order valence-electron chi connectivity index (χ2n) is 12.1. The van der Waals surface area contributed by atoms with E-state index in [1.54, 1.807) is 0 Å². The van der Waals surface area contributed by atoms with Gasteiger partial charge in [-0.1, -0.05) is 104 Å². The van der Waals surface area contributed by atoms with Crippen LogP contribution in [0.15, 0.2) is 153 Å². The fourth-order valence-electron chi connectivity index (χ4n) is 6.22. The van der Waals surface area contributed by atoms with Crippen LogP contribution in [0.4, 0.5) is 17.1 Å². The zero-order chi connectivity index (χ0) is 34.2. The predicted octanol–water partition coefficient (Wildman–Crippen LogP) is 10.8. The number of benzene rings is 6. The SMILES string of the molecule is C=CC(=O)OCCC(CCOC(=O)C=C)c1ccc(-c2ccc(N(c3ccc(C)cc3)c3cccc4cc5ccccc5cc34)cc2)cc1. The van der Waals surface area contributed by atoms with E-state index in [9.17, 15) is 9.59 Å². The number of anilines is 3. The molecule has 244 valence electrons. The van der Waals surface area contributed by atoms with E-state index in [4.69, 9.17) is 9.47 Å². The highest BCUT2D eigenvalue weighted by Gasteiger charge is 2.17. The van der Waals surface area contributed by atoms with Crippen molar-refractivity contribution in [2.45, 2.75) is 25.7 Å². The van der Waals surface area contributed by atoms with Crippen molar-refractivity contribution in [3.8, 4) is 11.1 Å². The largest absolute Gasteiger partial charge is 0.463 e. The summed E-state index contributed by atoms with van der Waals surface area (Å²) in [5, 5.41) is 4.82. The molecule has 0 aliphatic rings. The van der Waals surface area contributed by atoms with Crippen molar-refractivity contribution in [3.63, 3.8) is 0 Å². The van der Waals surface area contributed by atoms with Crippen molar-refractivity contribution in [2.75, 3.05) is 18.1 Å². The summed E-state index contributed by atoms with van der Waals surface area (Å²) in [7, 11) is 0. The van der Waals surface area contributed by atoms with Gasteiger partial charge in [0.1, 0.15) is 0 Å². The van der Waals surface area contributed by atoms with Crippen LogP contribution in [0.3, 0.4) is 0 Å². The molecule has 6 rings (SSSR count). The normalized spacial score (nSPS) is 11.0. The number of aryl methyl sites for hydroxylation is 1. The summed E-state index contributed by atoms with van der Waals surface area (Å²) in [5.41, 5.74) is 7.75. The Labute approximate surface area is 287 Å². The van der Waals surface area contributed by atoms with Gasteiger partial charge in [-0.25, -0.2) is 9.59 Å². The summed E-state index contributed by atoms with van der Waals surface area (Å²) in [5.74, 6) is -0.872. The van der Waals surface area contributed by atoms with Crippen LogP contribution in [0, 0.1) is 6.92 Å². The summed E-state index contributed by atoms with van der Waals surface area (Å²) in [4.78, 5) is 25.5. The molecule has 5 nitrogen and oxygen atoms in total. The number of rotatable bonds is 13. The van der Waals surface area contributed by atoms with Crippen molar-refractivity contribution in [2.24, 2.45) is 0 Å². The molecule has 6 aromatic carbocycles. The predicted molar refractivity (Wildman–Crippen MR) is 201 cm³/mol. The Bertz CT molecular complexity index is 2070. The minimum atomic E-state index is -0.453. The van der Waals surface area contributed by atoms with Gasteiger partial charge in [-0.05, 0) is 101 Å². The standard InChI is InChI=1S/C44H39NO4/c1-4-43(46)48-27-25-35(26-28-49-44(47)5-2)33-17-15-32(16-18-33)34-19-23-40(24-20-34)45(39-21-13-31(3)14-22-39)42-12-8-11-38-29-36-9-6-7-10-37(36)30-41(38)42/h4-24,29-30,35H,1-2,25-28H2,3H3. The van der Waals surface area contributed by atoms with E-state index >= 15 is 0 Å². The van der Waals surface area contributed by atoms with Gasteiger partial charge in [-0.15, -0.1) is 0 Å². The Morgan fingerprint density at radius 1 is 0.633 bits per heavy atom. The summed E-state index contributed by atoms with van der Waals surface area (Å²) in [6.45, 7) is 9.52. The highest BCUT2D eigenvalue weighted by Crippen LogP contribution is 2.40. The van der Waals surface area contributed by atoms with Crippen molar-refractivity contribution < 1.29 is 19.1 Å². The molecule has 5 heteroatoms. The number of hydrogen-bond donors (Lipinski definition) is 0. The molecule has 0 aliphatic carbocycles. The van der Waals surface area contributed by atoms with E-state index in [1.165, 1.54) is 27.1 Å². The summed E-state index contributed by atoms with van der Waals surface area (Å²) >= 11 is 0. The Morgan fingerprint density at radius 2 is 1.14 bits per heavy atom. The number of ether oxygens (including phenoxy) is 2. The quantitative estimate of drug-likeness (QED) is 0.0711. The lowest BCUT2D eigenvalue weighted by Gasteiger charge is -2.27. The summed E-state index contributed by atoms with van der Waals surface area (Å²) < 4.78 is 10.5. The van der Waals surface area contributed by atoms with Crippen molar-refractivity contribution in [3.05, 3.63) is 164 Å². The molecule has 0 aromatic heterocycles. The lowest BCUT2D eigenvalue weighted by atomic mass is 9.91. The first-order valence-electron chi connectivity index (χ1n) is 16.5. The minimum Gasteiger partial charge on any atom is -0.463 e. The first kappa shape index (κ1) is 33.0. The molecule has 0 spiro atoms. The highest BCUT2D eigenvalue weighted by atomic mass is 16.5. The van der Waals surface area contributed by atoms with E-state index in [1.807, 2.05) is 0 Å². The smallest absolute Gasteiger partial charge is 0.330 e. The van der Waals surface area contributed by atoms with Crippen LogP contribution in [0.2, 0.25) is 0 Å². The molecule has 49 heavy (non-hydrogen) atoms. The Balaban J connectivity index is 1.29. The first-order chi connectivity index (χ1) is 23.9. The van der Waals surface area contributed by atoms with E-state index < -0.39 is 11.9 Å². The molecular formula is C44H39NO4. The van der Waals surface area contributed by atoms with Crippen molar-refractivity contribution in [1.82, 2.24) is 0 Å². The first-order valence-corrected chi connectivity index (χ1v) is 16.5. The number of nitrogens with zero attached hydrogens (tertiary/aromatic N) is 1. The molecule has 0 heterocycles. The molecule has 0 unspecified atom stereocenters. The van der Waals surface area contributed by atoms with Gasteiger partial charge in [0, 0.05) is 28.9 Å². The second kappa shape index (κ2) is 15.3. The van der Waals surface area contributed by atoms with Gasteiger partial charge in [0.05, 0.1) is 18.9 Å². The molecule has 0 saturated heterocycles. The van der Waals surface area contributed by atoms with Gasteiger partial charge in [0.25, 0.3) is 0 Å². The monoisotopic (exact) mass is 645 g/mol. The maximum absolute atomic E-state index is 11.6. The average molecular weight is 646 g/mol. The van der Waals surface area contributed by atoms with Crippen LogP contribution in [-0.2, 0) is 19.1 Å². The number of carbonyl (C=O) groups is 2. The fraction of sp³-hybridized carbons (Fsp3) is 0.136. The van der Waals surface area contributed by atoms with Crippen LogP contribution >= 0.6 is 0 Å². The van der Waals surface area contributed by atoms with Gasteiger partial charge in [0.15, 0.2) is 0 Å². The zero-order valence-corrected chi connectivity index (χ0v) is 27.7. The molecule has 0 bridgehead atoms. The molecule has 0 radical (unpaired) electrons. The molecular weight excluding hydrogens is 606 g/mol. The average Bonchev–Trinajstić information content (AvgIpc) is 3.14. The van der Waals surface area contributed by atoms with Gasteiger partial charge >= 0.3 is 11.9 Å². The topological polar surface area (TPSA) is 55.8 Å². The fourth-order valence-corrected chi connectivity index (χ4v) is 6.22. The van der Waals surface area contributed by atoms with Crippen LogP contribution in [-0.4, -0.2) is 25.2 Å². The molecule has 6 aromatic rings. The van der Waals surface area contributed by atoms with E-state index in [-0.39, 0.29) is 19.1 Å². The Hall–Kier alpha value is -5.94. The Kier molecular flexibility index (Phi) is 10.3. The minimum absolute atomic E-state index is 0.0348. The van der Waals surface area contributed by atoms with Crippen LogP contribution in [0.25, 0.3) is 32.7 Å². The van der Waals surface area contributed by atoms with Crippen LogP contribution < -0.4 is 4.90 Å². The van der Waals surface area contributed by atoms with Crippen molar-refractivity contribution in [1.29, 1.82) is 0 Å². The van der Waals surface area contributed by atoms with Crippen molar-refractivity contribution >= 4 is 50.5 Å². The molecule has 0 fully saturated rings. The van der Waals surface area contributed by atoms with Gasteiger partial charge in [-0.3, -0.25) is 0 Å². The zero-order valence-electron chi connectivity index (χ0n) is 27.7. The number of hydrogen-bond acceptors (Lipinski definition) is 5. The van der Waals surface area contributed by atoms with Gasteiger partial charge in [0.2, 0.25) is 0 Å². The lowest BCUT2D eigenvalue weighted by Crippen LogP contribution is -2.11. The summed E-state index contributed by atoms with van der Waals surface area (Å²) in [6.07, 6.45) is 3.51. The molecule has 0 saturated carbocycles. The lowest BCUT2D eigenvalue weighted by molar-refractivity contribution is -0.138. The summed E-state index contributed by atoms with van der Waals surface area (Å²) in [6, 6.07) is 45.3. The number of fused-ring (bicyclic) bond motifs is 2. The van der Waals surface area contributed by atoms with E-state index in [0.29, 0.717) is 12.8 Å². The molecule has 0 atom stereocenters. The van der Waals surface area contributed by atoms with Crippen LogP contribution in [0.1, 0.15) is 29.9 Å². The third kappa shape index (κ3) is 7.79. The Morgan fingerprint density at radius 3 is 1.71 bits per heavy atom. The second-order valence-corrected chi connectivity index (χ2v) is 12.1. The van der Waals surface area contributed by atoms with E-state index in [0.717, 1.165) is 45.9 Å². The molecule has 0 amide bonds. The molecule has 0 aliphatic heterocycles. The molecule has 0 N–H and O–H groups in total. The third-order valence-electron chi connectivity index (χ3n) is 8.85. The van der Waals surface area contributed by atoms with Gasteiger partial charge in [-0.2, -0.15) is 0 Å². The maximum atomic E-state index is 11.6. The van der Waals surface area contributed by atoms with Gasteiger partial charge < -0.3 is 14.4 Å². The number of carbonyl (C=O) groups excluding carboxylic acids is 2. The van der Waals surface area contributed by atoms with Crippen LogP contribution in [0.5, 0.6) is 0 Å². The number of esters is 2.